The number of nitrogens with zero attached hydrogens (tertiary/aromatic N) is 1. The Morgan fingerprint density at radius 1 is 1.24 bits per heavy atom. The molecule has 1 atom stereocenters. The average Bonchev–Trinajstić information content (AvgIpc) is 2.82. The Labute approximate surface area is 112 Å². The van der Waals surface area contributed by atoms with Crippen molar-refractivity contribution >= 4 is 33.6 Å². The maximum absolute atomic E-state index is 11.8. The van der Waals surface area contributed by atoms with Crippen molar-refractivity contribution in [2.45, 2.75) is 17.2 Å². The van der Waals surface area contributed by atoms with Crippen LogP contribution in [0.5, 0.6) is 0 Å². The van der Waals surface area contributed by atoms with E-state index in [4.69, 9.17) is 0 Å². The van der Waals surface area contributed by atoms with Crippen molar-refractivity contribution in [3.05, 3.63) is 41.0 Å². The summed E-state index contributed by atoms with van der Waals surface area (Å²) >= 11 is 5.04. The molecule has 0 amide bonds. The zero-order valence-corrected chi connectivity index (χ0v) is 11.6. The molecule has 0 spiro atoms. The molecule has 1 unspecified atom stereocenters. The zero-order valence-electron chi connectivity index (χ0n) is 9.18. The van der Waals surface area contributed by atoms with Crippen molar-refractivity contribution in [1.29, 1.82) is 0 Å². The molecular weight excluding hydrogens is 298 g/mol. The minimum atomic E-state index is 0.0453. The molecule has 0 saturated heterocycles. The van der Waals surface area contributed by atoms with E-state index in [2.05, 4.69) is 22.0 Å². The van der Waals surface area contributed by atoms with Gasteiger partial charge in [0.05, 0.1) is 10.3 Å². The quantitative estimate of drug-likeness (QED) is 0.793. The van der Waals surface area contributed by atoms with Gasteiger partial charge in [-0.2, -0.15) is 0 Å². The lowest BCUT2D eigenvalue weighted by Crippen LogP contribution is -2.12. The van der Waals surface area contributed by atoms with Gasteiger partial charge in [0, 0.05) is 16.2 Å². The second-order valence-corrected chi connectivity index (χ2v) is 6.32. The van der Waals surface area contributed by atoms with Crippen LogP contribution in [-0.4, -0.2) is 15.7 Å². The molecule has 1 aromatic carbocycles. The fraction of sp³-hybridized carbons (Fsp3) is 0.154. The number of thioether (sulfide) groups is 1. The van der Waals surface area contributed by atoms with Gasteiger partial charge in [-0.15, -0.1) is 0 Å². The summed E-state index contributed by atoms with van der Waals surface area (Å²) in [4.78, 5) is 11.8. The Hall–Kier alpha value is -1.00. The van der Waals surface area contributed by atoms with Crippen molar-refractivity contribution in [2.75, 3.05) is 0 Å². The maximum Gasteiger partial charge on any atom is 0.244 e. The molecule has 1 aromatic heterocycles. The molecule has 17 heavy (non-hydrogen) atoms. The van der Waals surface area contributed by atoms with Gasteiger partial charge in [0.2, 0.25) is 5.91 Å². The molecule has 86 valence electrons. The van der Waals surface area contributed by atoms with Gasteiger partial charge in [-0.05, 0) is 30.7 Å². The minimum Gasteiger partial charge on any atom is -0.280 e. The van der Waals surface area contributed by atoms with E-state index in [1.54, 1.807) is 16.3 Å². The van der Waals surface area contributed by atoms with Gasteiger partial charge in [-0.3, -0.25) is 9.36 Å². The van der Waals surface area contributed by atoms with Crippen molar-refractivity contribution in [2.24, 2.45) is 0 Å². The van der Waals surface area contributed by atoms with Crippen LogP contribution in [-0.2, 0) is 0 Å². The minimum absolute atomic E-state index is 0.0453. The first-order valence-electron chi connectivity index (χ1n) is 5.34. The summed E-state index contributed by atoms with van der Waals surface area (Å²) in [5.74, 6) is 0.174. The van der Waals surface area contributed by atoms with Crippen LogP contribution in [0, 0.1) is 0 Å². The largest absolute Gasteiger partial charge is 0.280 e. The highest BCUT2D eigenvalue weighted by atomic mass is 79.9. The molecule has 0 fully saturated rings. The number of benzene rings is 1. The van der Waals surface area contributed by atoms with E-state index in [0.717, 1.165) is 20.6 Å². The maximum atomic E-state index is 11.8. The second-order valence-electron chi connectivity index (χ2n) is 4.04. The highest BCUT2D eigenvalue weighted by molar-refractivity contribution is 9.10. The van der Waals surface area contributed by atoms with Crippen LogP contribution in [0.4, 0.5) is 0 Å². The number of hydrogen-bond acceptors (Lipinski definition) is 2. The highest BCUT2D eigenvalue weighted by Crippen LogP contribution is 2.36. The van der Waals surface area contributed by atoms with Crippen LogP contribution < -0.4 is 0 Å². The Bertz CT molecular complexity index is 588. The number of hydrogen-bond donors (Lipinski definition) is 0. The van der Waals surface area contributed by atoms with Crippen molar-refractivity contribution in [3.63, 3.8) is 0 Å². The average molecular weight is 308 g/mol. The molecule has 0 aliphatic carbocycles. The summed E-state index contributed by atoms with van der Waals surface area (Å²) in [6.45, 7) is 1.94. The number of carbonyl (C=O) groups excluding carboxylic acids is 1. The van der Waals surface area contributed by atoms with E-state index in [9.17, 15) is 4.79 Å². The molecule has 1 aliphatic rings. The number of aromatic nitrogens is 1. The van der Waals surface area contributed by atoms with Gasteiger partial charge >= 0.3 is 0 Å². The smallest absolute Gasteiger partial charge is 0.244 e. The lowest BCUT2D eigenvalue weighted by atomic mass is 10.1. The Kier molecular flexibility index (Phi) is 2.64. The van der Waals surface area contributed by atoms with E-state index in [1.165, 1.54) is 0 Å². The highest BCUT2D eigenvalue weighted by Gasteiger charge is 2.28. The zero-order chi connectivity index (χ0) is 12.0. The Morgan fingerprint density at radius 3 is 2.59 bits per heavy atom. The molecule has 2 nitrogen and oxygen atoms in total. The Morgan fingerprint density at radius 2 is 1.94 bits per heavy atom. The normalized spacial score (nSPS) is 18.5. The number of rotatable bonds is 1. The van der Waals surface area contributed by atoms with Crippen LogP contribution in [0.2, 0.25) is 0 Å². The Balaban J connectivity index is 2.02. The van der Waals surface area contributed by atoms with E-state index in [0.29, 0.717) is 0 Å². The van der Waals surface area contributed by atoms with Gasteiger partial charge < -0.3 is 0 Å². The van der Waals surface area contributed by atoms with Crippen LogP contribution in [0.25, 0.3) is 11.1 Å². The fourth-order valence-corrected chi connectivity index (χ4v) is 3.23. The van der Waals surface area contributed by atoms with Crippen LogP contribution in [0.1, 0.15) is 11.7 Å². The number of fused-ring (bicyclic) bond motifs is 1. The molecule has 0 N–H and O–H groups in total. The first-order chi connectivity index (χ1) is 8.15. The predicted molar refractivity (Wildman–Crippen MR) is 73.5 cm³/mol. The molecule has 0 saturated carbocycles. The summed E-state index contributed by atoms with van der Waals surface area (Å²) < 4.78 is 2.82. The third-order valence-electron chi connectivity index (χ3n) is 2.84. The lowest BCUT2D eigenvalue weighted by Gasteiger charge is -2.00. The van der Waals surface area contributed by atoms with Gasteiger partial charge in [0.25, 0.3) is 0 Å². The van der Waals surface area contributed by atoms with E-state index in [-0.39, 0.29) is 11.2 Å². The third-order valence-corrected chi connectivity index (χ3v) is 4.48. The van der Waals surface area contributed by atoms with Gasteiger partial charge in [0.1, 0.15) is 0 Å². The first kappa shape index (κ1) is 11.1. The molecule has 2 aromatic rings. The first-order valence-corrected chi connectivity index (χ1v) is 7.01. The second kappa shape index (κ2) is 4.03. The van der Waals surface area contributed by atoms with Gasteiger partial charge in [0.15, 0.2) is 0 Å². The summed E-state index contributed by atoms with van der Waals surface area (Å²) in [7, 11) is 0. The molecule has 4 heteroatoms. The van der Waals surface area contributed by atoms with Crippen LogP contribution in [0.15, 0.2) is 46.0 Å². The van der Waals surface area contributed by atoms with E-state index in [1.807, 2.05) is 37.4 Å². The monoisotopic (exact) mass is 307 g/mol. The third kappa shape index (κ3) is 1.85. The van der Waals surface area contributed by atoms with Gasteiger partial charge in [-0.1, -0.05) is 39.8 Å². The van der Waals surface area contributed by atoms with E-state index >= 15 is 0 Å². The predicted octanol–water partition coefficient (Wildman–Crippen LogP) is 4.05. The van der Waals surface area contributed by atoms with Gasteiger partial charge in [-0.25, -0.2) is 0 Å². The molecule has 0 bridgehead atoms. The molecule has 0 radical (unpaired) electrons. The summed E-state index contributed by atoms with van der Waals surface area (Å²) in [6, 6.07) is 10.2. The summed E-state index contributed by atoms with van der Waals surface area (Å²) in [5, 5.41) is 1.09. The van der Waals surface area contributed by atoms with Crippen molar-refractivity contribution < 1.29 is 4.79 Å². The number of halogens is 1. The molecule has 1 aliphatic heterocycles. The van der Waals surface area contributed by atoms with Crippen LogP contribution in [0.3, 0.4) is 0 Å². The van der Waals surface area contributed by atoms with Crippen molar-refractivity contribution in [3.8, 4) is 11.1 Å². The summed E-state index contributed by atoms with van der Waals surface area (Å²) in [5.41, 5.74) is 2.23. The standard InChI is InChI=1S/C13H10BrNOS/c1-8-13(16)15-7-10(6-12(15)17-8)9-2-4-11(14)5-3-9/h2-8H,1H3. The fourth-order valence-electron chi connectivity index (χ4n) is 1.93. The van der Waals surface area contributed by atoms with Crippen LogP contribution >= 0.6 is 27.7 Å². The number of carbonyl (C=O) groups is 1. The molecule has 3 rings (SSSR count). The summed E-state index contributed by atoms with van der Waals surface area (Å²) in [6.07, 6.45) is 1.93. The molecule has 2 heterocycles. The van der Waals surface area contributed by atoms with E-state index < -0.39 is 0 Å². The lowest BCUT2D eigenvalue weighted by molar-refractivity contribution is 0.0915. The molecular formula is C13H10BrNOS. The SMILES string of the molecule is CC1Sc2cc(-c3ccc(Br)cc3)cn2C1=O. The topological polar surface area (TPSA) is 22.0 Å². The van der Waals surface area contributed by atoms with Crippen molar-refractivity contribution in [1.82, 2.24) is 4.57 Å².